The zero-order valence-electron chi connectivity index (χ0n) is 18.8. The van der Waals surface area contributed by atoms with Crippen LogP contribution in [0.5, 0.6) is 0 Å². The Morgan fingerprint density at radius 1 is 1.21 bits per heavy atom. The molecule has 3 aromatic rings. The summed E-state index contributed by atoms with van der Waals surface area (Å²) < 4.78 is 16.1. The SMILES string of the molecule is Cn1c(=O)cnc2ccc(F)c(CN[C@H]3CC[C@@H](CNCc4cnc5c(n4)NC(=O)CS5)C3)c21. The first-order valence-electron chi connectivity index (χ1n) is 11.3. The molecule has 178 valence electrons. The molecule has 0 spiro atoms. The van der Waals surface area contributed by atoms with Crippen molar-refractivity contribution in [3.05, 3.63) is 52.0 Å². The molecule has 1 aliphatic heterocycles. The highest BCUT2D eigenvalue weighted by Crippen LogP contribution is 2.28. The van der Waals surface area contributed by atoms with Gasteiger partial charge in [0.1, 0.15) is 10.8 Å². The molecule has 2 atom stereocenters. The molecule has 5 rings (SSSR count). The molecule has 2 aromatic heterocycles. The summed E-state index contributed by atoms with van der Waals surface area (Å²) in [6, 6.07) is 3.29. The summed E-state index contributed by atoms with van der Waals surface area (Å²) in [5.74, 6) is 1.03. The third-order valence-corrected chi connectivity index (χ3v) is 7.40. The summed E-state index contributed by atoms with van der Waals surface area (Å²) in [6.07, 6.45) is 6.08. The molecule has 1 aliphatic carbocycles. The van der Waals surface area contributed by atoms with E-state index in [1.807, 2.05) is 0 Å². The number of carbonyl (C=O) groups is 1. The molecule has 1 aromatic carbocycles. The average Bonchev–Trinajstić information content (AvgIpc) is 3.28. The molecule has 1 fully saturated rings. The largest absolute Gasteiger partial charge is 0.311 e. The van der Waals surface area contributed by atoms with Crippen LogP contribution in [-0.2, 0) is 24.9 Å². The number of hydrogen-bond acceptors (Lipinski definition) is 8. The first-order valence-corrected chi connectivity index (χ1v) is 12.3. The lowest BCUT2D eigenvalue weighted by atomic mass is 10.1. The van der Waals surface area contributed by atoms with Crippen LogP contribution in [0.15, 0.2) is 34.3 Å². The molecular formula is C23H26FN7O2S. The Labute approximate surface area is 200 Å². The van der Waals surface area contributed by atoms with Crippen LogP contribution in [0.3, 0.4) is 0 Å². The molecule has 0 radical (unpaired) electrons. The van der Waals surface area contributed by atoms with E-state index in [1.165, 1.54) is 28.6 Å². The second-order valence-electron chi connectivity index (χ2n) is 8.79. The first kappa shape index (κ1) is 22.9. The van der Waals surface area contributed by atoms with Gasteiger partial charge >= 0.3 is 0 Å². The van der Waals surface area contributed by atoms with Crippen molar-refractivity contribution in [2.24, 2.45) is 13.0 Å². The third kappa shape index (κ3) is 4.82. The Morgan fingerprint density at radius 3 is 2.97 bits per heavy atom. The molecule has 11 heteroatoms. The Kier molecular flexibility index (Phi) is 6.57. The van der Waals surface area contributed by atoms with Crippen LogP contribution >= 0.6 is 11.8 Å². The minimum absolute atomic E-state index is 0.0525. The van der Waals surface area contributed by atoms with Gasteiger partial charge in [-0.3, -0.25) is 9.59 Å². The molecule has 1 amide bonds. The van der Waals surface area contributed by atoms with Gasteiger partial charge in [0.2, 0.25) is 5.91 Å². The number of thioether (sulfide) groups is 1. The molecule has 2 aliphatic rings. The fraction of sp³-hybridized carbons (Fsp3) is 0.435. The van der Waals surface area contributed by atoms with Crippen molar-refractivity contribution < 1.29 is 9.18 Å². The maximum atomic E-state index is 14.6. The first-order chi connectivity index (χ1) is 16.5. The molecule has 9 nitrogen and oxygen atoms in total. The highest BCUT2D eigenvalue weighted by atomic mass is 32.2. The van der Waals surface area contributed by atoms with E-state index in [1.54, 1.807) is 19.3 Å². The molecule has 0 unspecified atom stereocenters. The van der Waals surface area contributed by atoms with Crippen LogP contribution in [0.25, 0.3) is 11.0 Å². The van der Waals surface area contributed by atoms with Crippen LogP contribution in [0.4, 0.5) is 10.2 Å². The number of hydrogen-bond donors (Lipinski definition) is 3. The van der Waals surface area contributed by atoms with Crippen LogP contribution < -0.4 is 21.5 Å². The number of benzene rings is 1. The van der Waals surface area contributed by atoms with Crippen LogP contribution in [-0.4, -0.2) is 43.8 Å². The number of aryl methyl sites for hydroxylation is 1. The molecule has 3 heterocycles. The van der Waals surface area contributed by atoms with Gasteiger partial charge < -0.3 is 20.5 Å². The average molecular weight is 484 g/mol. The van der Waals surface area contributed by atoms with Crippen molar-refractivity contribution in [2.45, 2.75) is 43.4 Å². The number of rotatable bonds is 7. The number of anilines is 1. The van der Waals surface area contributed by atoms with Crippen LogP contribution in [0.2, 0.25) is 0 Å². The second kappa shape index (κ2) is 9.77. The number of amides is 1. The molecule has 0 bridgehead atoms. The molecule has 0 saturated heterocycles. The number of nitrogens with zero attached hydrogens (tertiary/aromatic N) is 4. The predicted octanol–water partition coefficient (Wildman–Crippen LogP) is 1.95. The Bertz CT molecular complexity index is 1300. The van der Waals surface area contributed by atoms with Crippen molar-refractivity contribution in [2.75, 3.05) is 17.6 Å². The Morgan fingerprint density at radius 2 is 2.09 bits per heavy atom. The highest BCUT2D eigenvalue weighted by molar-refractivity contribution is 8.00. The topological polar surface area (TPSA) is 114 Å². The second-order valence-corrected chi connectivity index (χ2v) is 9.75. The standard InChI is InChI=1S/C23H26FN7O2S/c1-31-20(33)11-27-18-5-4-17(24)16(21(18)31)10-26-14-3-2-13(6-14)7-25-8-15-9-28-23-22(29-15)30-19(32)12-34-23/h4-5,9,11,13-14,25-26H,2-3,6-8,10,12H2,1H3,(H,29,30,32)/t13-,14+/m1/s1. The van der Waals surface area contributed by atoms with Gasteiger partial charge in [-0.15, -0.1) is 0 Å². The van der Waals surface area contributed by atoms with Gasteiger partial charge in [-0.25, -0.2) is 19.3 Å². The minimum atomic E-state index is -0.333. The quantitative estimate of drug-likeness (QED) is 0.467. The Balaban J connectivity index is 1.14. The summed E-state index contributed by atoms with van der Waals surface area (Å²) in [7, 11) is 1.65. The van der Waals surface area contributed by atoms with Crippen molar-refractivity contribution in [3.8, 4) is 0 Å². The van der Waals surface area contributed by atoms with Crippen molar-refractivity contribution in [1.82, 2.24) is 30.2 Å². The molecule has 3 N–H and O–H groups in total. The fourth-order valence-corrected chi connectivity index (χ4v) is 5.35. The normalized spacial score (nSPS) is 19.9. The lowest BCUT2D eigenvalue weighted by Gasteiger charge is -2.17. The summed E-state index contributed by atoms with van der Waals surface area (Å²) in [5.41, 5.74) is 2.16. The maximum Gasteiger partial charge on any atom is 0.269 e. The van der Waals surface area contributed by atoms with Crippen molar-refractivity contribution >= 4 is 34.5 Å². The van der Waals surface area contributed by atoms with Gasteiger partial charge in [-0.2, -0.15) is 0 Å². The maximum absolute atomic E-state index is 14.6. The van der Waals surface area contributed by atoms with E-state index in [9.17, 15) is 14.0 Å². The van der Waals surface area contributed by atoms with Gasteiger partial charge in [-0.05, 0) is 43.9 Å². The lowest BCUT2D eigenvalue weighted by molar-refractivity contribution is -0.113. The van der Waals surface area contributed by atoms with Crippen molar-refractivity contribution in [3.63, 3.8) is 0 Å². The Hall–Kier alpha value is -2.89. The van der Waals surface area contributed by atoms with Crippen LogP contribution in [0, 0.1) is 11.7 Å². The van der Waals surface area contributed by atoms with E-state index in [0.717, 1.165) is 36.5 Å². The van der Waals surface area contributed by atoms with Gasteiger partial charge in [-0.1, -0.05) is 11.8 Å². The highest BCUT2D eigenvalue weighted by Gasteiger charge is 2.25. The zero-order valence-corrected chi connectivity index (χ0v) is 19.6. The summed E-state index contributed by atoms with van der Waals surface area (Å²) >= 11 is 1.40. The zero-order chi connectivity index (χ0) is 23.7. The van der Waals surface area contributed by atoms with Gasteiger partial charge in [0.15, 0.2) is 5.82 Å². The third-order valence-electron chi connectivity index (χ3n) is 6.42. The van der Waals surface area contributed by atoms with Gasteiger partial charge in [0.25, 0.3) is 5.56 Å². The number of fused-ring (bicyclic) bond motifs is 2. The number of carbonyl (C=O) groups excluding carboxylic acids is 1. The van der Waals surface area contributed by atoms with E-state index in [4.69, 9.17) is 0 Å². The summed E-state index contributed by atoms with van der Waals surface area (Å²) in [6.45, 7) is 1.78. The van der Waals surface area contributed by atoms with E-state index < -0.39 is 0 Å². The van der Waals surface area contributed by atoms with Crippen LogP contribution in [0.1, 0.15) is 30.5 Å². The predicted molar refractivity (Wildman–Crippen MR) is 128 cm³/mol. The molecule has 1 saturated carbocycles. The smallest absolute Gasteiger partial charge is 0.269 e. The lowest BCUT2D eigenvalue weighted by Crippen LogP contribution is -2.29. The monoisotopic (exact) mass is 483 g/mol. The fourth-order valence-electron chi connectivity index (χ4n) is 4.65. The van der Waals surface area contributed by atoms with E-state index in [0.29, 0.717) is 47.2 Å². The number of aromatic nitrogens is 4. The minimum Gasteiger partial charge on any atom is -0.311 e. The van der Waals surface area contributed by atoms with Crippen molar-refractivity contribution in [1.29, 1.82) is 0 Å². The molecule has 34 heavy (non-hydrogen) atoms. The van der Waals surface area contributed by atoms with E-state index in [2.05, 4.69) is 30.9 Å². The van der Waals surface area contributed by atoms with E-state index >= 15 is 0 Å². The summed E-state index contributed by atoms with van der Waals surface area (Å²) in [5, 5.41) is 10.4. The van der Waals surface area contributed by atoms with Gasteiger partial charge in [0, 0.05) is 31.7 Å². The van der Waals surface area contributed by atoms with E-state index in [-0.39, 0.29) is 23.3 Å². The number of nitrogens with one attached hydrogen (secondary N) is 3. The summed E-state index contributed by atoms with van der Waals surface area (Å²) in [4.78, 5) is 36.6. The van der Waals surface area contributed by atoms with Gasteiger partial charge in [0.05, 0.1) is 34.9 Å². The molecular weight excluding hydrogens is 457 g/mol. The number of halogens is 1.